The lowest BCUT2D eigenvalue weighted by molar-refractivity contribution is 0.191. The molecule has 0 radical (unpaired) electrons. The third kappa shape index (κ3) is 4.79. The van der Waals surface area contributed by atoms with Gasteiger partial charge in [0.25, 0.3) is 0 Å². The Morgan fingerprint density at radius 2 is 1.76 bits per heavy atom. The van der Waals surface area contributed by atoms with Crippen molar-refractivity contribution < 1.29 is 13.9 Å². The predicted octanol–water partition coefficient (Wildman–Crippen LogP) is 5.33. The highest BCUT2D eigenvalue weighted by molar-refractivity contribution is 5.85. The standard InChI is InChI=1S/C28H33NO4/c1-31-26-19-25-24(22-10-5-6-11-23(22)28(30)33-25)18-27(26)32-17-7-14-29-15-12-21(13-16-29)20-8-3-2-4-9-20/h2-4,8-9,18-19,21H,5-7,10-17H2,1H3. The first-order valence-electron chi connectivity index (χ1n) is 12.3. The summed E-state index contributed by atoms with van der Waals surface area (Å²) in [7, 11) is 1.63. The van der Waals surface area contributed by atoms with Crippen molar-refractivity contribution in [3.63, 3.8) is 0 Å². The van der Waals surface area contributed by atoms with E-state index in [1.807, 2.05) is 6.07 Å². The number of fused-ring (bicyclic) bond motifs is 3. The normalized spacial score (nSPS) is 17.1. The molecule has 0 spiro atoms. The van der Waals surface area contributed by atoms with Crippen LogP contribution in [-0.4, -0.2) is 38.3 Å². The molecule has 0 unspecified atom stereocenters. The predicted molar refractivity (Wildman–Crippen MR) is 131 cm³/mol. The van der Waals surface area contributed by atoms with E-state index in [0.717, 1.165) is 74.0 Å². The fourth-order valence-corrected chi connectivity index (χ4v) is 5.41. The van der Waals surface area contributed by atoms with Crippen LogP contribution in [0.15, 0.2) is 51.7 Å². The Bertz CT molecular complexity index is 1150. The quantitative estimate of drug-likeness (QED) is 0.362. The molecule has 0 N–H and O–H groups in total. The first-order chi connectivity index (χ1) is 16.2. The molecule has 2 aliphatic rings. The monoisotopic (exact) mass is 447 g/mol. The van der Waals surface area contributed by atoms with E-state index in [1.54, 1.807) is 13.2 Å². The number of ether oxygens (including phenoxy) is 2. The zero-order chi connectivity index (χ0) is 22.6. The van der Waals surface area contributed by atoms with Crippen molar-refractivity contribution in [2.75, 3.05) is 33.4 Å². The molecule has 1 fully saturated rings. The van der Waals surface area contributed by atoms with Gasteiger partial charge in [-0.3, -0.25) is 0 Å². The number of nitrogens with zero attached hydrogens (tertiary/aromatic N) is 1. The third-order valence-electron chi connectivity index (χ3n) is 7.24. The lowest BCUT2D eigenvalue weighted by Crippen LogP contribution is -2.34. The molecular formula is C28H33NO4. The van der Waals surface area contributed by atoms with Crippen LogP contribution in [0, 0.1) is 0 Å². The minimum Gasteiger partial charge on any atom is -0.493 e. The number of hydrogen-bond acceptors (Lipinski definition) is 5. The van der Waals surface area contributed by atoms with Crippen LogP contribution >= 0.6 is 0 Å². The van der Waals surface area contributed by atoms with Crippen LogP contribution in [0.4, 0.5) is 0 Å². The molecule has 5 nitrogen and oxygen atoms in total. The molecule has 5 heteroatoms. The van der Waals surface area contributed by atoms with Crippen molar-refractivity contribution in [3.05, 3.63) is 69.6 Å². The molecule has 5 rings (SSSR count). The summed E-state index contributed by atoms with van der Waals surface area (Å²) in [5.74, 6) is 2.03. The van der Waals surface area contributed by atoms with Crippen molar-refractivity contribution in [2.24, 2.45) is 0 Å². The SMILES string of the molecule is COc1cc2oc(=O)c3c(c2cc1OCCCN1CCC(c2ccccc2)CC1)CCCC3. The zero-order valence-corrected chi connectivity index (χ0v) is 19.5. The van der Waals surface area contributed by atoms with Gasteiger partial charge in [0.1, 0.15) is 5.58 Å². The molecule has 1 aromatic heterocycles. The van der Waals surface area contributed by atoms with E-state index in [9.17, 15) is 4.79 Å². The maximum Gasteiger partial charge on any atom is 0.339 e. The van der Waals surface area contributed by atoms with Crippen LogP contribution in [0.1, 0.15) is 54.7 Å². The smallest absolute Gasteiger partial charge is 0.339 e. The molecule has 2 aromatic carbocycles. The molecule has 0 bridgehead atoms. The highest BCUT2D eigenvalue weighted by Gasteiger charge is 2.21. The third-order valence-corrected chi connectivity index (χ3v) is 7.24. The van der Waals surface area contributed by atoms with Crippen LogP contribution in [0.3, 0.4) is 0 Å². The van der Waals surface area contributed by atoms with Gasteiger partial charge < -0.3 is 18.8 Å². The Hall–Kier alpha value is -2.79. The molecule has 174 valence electrons. The Balaban J connectivity index is 1.19. The van der Waals surface area contributed by atoms with Gasteiger partial charge in [0.2, 0.25) is 0 Å². The fraction of sp³-hybridized carbons (Fsp3) is 0.464. The zero-order valence-electron chi connectivity index (χ0n) is 19.5. The van der Waals surface area contributed by atoms with Crippen molar-refractivity contribution in [2.45, 2.75) is 50.9 Å². The number of rotatable bonds is 7. The molecule has 0 saturated carbocycles. The van der Waals surface area contributed by atoms with Gasteiger partial charge in [0.05, 0.1) is 13.7 Å². The Morgan fingerprint density at radius 1 is 1.00 bits per heavy atom. The fourth-order valence-electron chi connectivity index (χ4n) is 5.41. The van der Waals surface area contributed by atoms with E-state index in [4.69, 9.17) is 13.9 Å². The van der Waals surface area contributed by atoms with Crippen molar-refractivity contribution >= 4 is 11.0 Å². The van der Waals surface area contributed by atoms with Gasteiger partial charge >= 0.3 is 5.63 Å². The van der Waals surface area contributed by atoms with Gasteiger partial charge in [-0.1, -0.05) is 30.3 Å². The second kappa shape index (κ2) is 10.0. The summed E-state index contributed by atoms with van der Waals surface area (Å²) in [5, 5.41) is 0.989. The molecule has 1 saturated heterocycles. The topological polar surface area (TPSA) is 51.9 Å². The van der Waals surface area contributed by atoms with Crippen LogP contribution in [-0.2, 0) is 12.8 Å². The molecule has 2 heterocycles. The Kier molecular flexibility index (Phi) is 6.68. The summed E-state index contributed by atoms with van der Waals surface area (Å²) in [6, 6.07) is 14.7. The molecule has 1 aliphatic carbocycles. The lowest BCUT2D eigenvalue weighted by Gasteiger charge is -2.32. The Morgan fingerprint density at radius 3 is 2.52 bits per heavy atom. The number of benzene rings is 2. The summed E-state index contributed by atoms with van der Waals surface area (Å²) in [5.41, 5.74) is 3.82. The summed E-state index contributed by atoms with van der Waals surface area (Å²) in [4.78, 5) is 14.9. The van der Waals surface area contributed by atoms with Crippen LogP contribution < -0.4 is 15.1 Å². The van der Waals surface area contributed by atoms with Gasteiger partial charge in [-0.25, -0.2) is 4.79 Å². The second-order valence-corrected chi connectivity index (χ2v) is 9.28. The first kappa shape index (κ1) is 22.0. The second-order valence-electron chi connectivity index (χ2n) is 9.28. The maximum atomic E-state index is 12.4. The largest absolute Gasteiger partial charge is 0.493 e. The number of likely N-dealkylation sites (tertiary alicyclic amines) is 1. The Labute approximate surface area is 195 Å². The summed E-state index contributed by atoms with van der Waals surface area (Å²) < 4.78 is 17.3. The molecule has 33 heavy (non-hydrogen) atoms. The van der Waals surface area contributed by atoms with Crippen LogP contribution in [0.25, 0.3) is 11.0 Å². The van der Waals surface area contributed by atoms with Crippen molar-refractivity contribution in [3.8, 4) is 11.5 Å². The molecule has 0 amide bonds. The van der Waals surface area contributed by atoms with Crippen LogP contribution in [0.5, 0.6) is 11.5 Å². The number of methoxy groups -OCH3 is 1. The minimum absolute atomic E-state index is 0.205. The van der Waals surface area contributed by atoms with E-state index in [-0.39, 0.29) is 5.63 Å². The van der Waals surface area contributed by atoms with E-state index in [2.05, 4.69) is 35.2 Å². The summed E-state index contributed by atoms with van der Waals surface area (Å²) in [6.07, 6.45) is 7.29. The summed E-state index contributed by atoms with van der Waals surface area (Å²) in [6.45, 7) is 3.97. The highest BCUT2D eigenvalue weighted by atomic mass is 16.5. The highest BCUT2D eigenvalue weighted by Crippen LogP contribution is 2.36. The average Bonchev–Trinajstić information content (AvgIpc) is 2.87. The van der Waals surface area contributed by atoms with E-state index in [0.29, 0.717) is 23.9 Å². The summed E-state index contributed by atoms with van der Waals surface area (Å²) >= 11 is 0. The van der Waals surface area contributed by atoms with Crippen LogP contribution in [0.2, 0.25) is 0 Å². The first-order valence-corrected chi connectivity index (χ1v) is 12.3. The van der Waals surface area contributed by atoms with Gasteiger partial charge in [-0.05, 0) is 81.1 Å². The molecule has 1 aliphatic heterocycles. The maximum absolute atomic E-state index is 12.4. The van der Waals surface area contributed by atoms with E-state index < -0.39 is 0 Å². The minimum atomic E-state index is -0.205. The van der Waals surface area contributed by atoms with E-state index >= 15 is 0 Å². The number of hydrogen-bond donors (Lipinski definition) is 0. The van der Waals surface area contributed by atoms with Crippen molar-refractivity contribution in [1.82, 2.24) is 4.90 Å². The van der Waals surface area contributed by atoms with E-state index in [1.165, 1.54) is 18.4 Å². The molecule has 0 atom stereocenters. The van der Waals surface area contributed by atoms with Gasteiger partial charge in [0.15, 0.2) is 11.5 Å². The average molecular weight is 448 g/mol. The van der Waals surface area contributed by atoms with Gasteiger partial charge in [-0.2, -0.15) is 0 Å². The lowest BCUT2D eigenvalue weighted by atomic mass is 9.89. The molecular weight excluding hydrogens is 414 g/mol. The number of aryl methyl sites for hydroxylation is 1. The number of piperidine rings is 1. The molecule has 3 aromatic rings. The van der Waals surface area contributed by atoms with Crippen molar-refractivity contribution in [1.29, 1.82) is 0 Å². The van der Waals surface area contributed by atoms with Gasteiger partial charge in [-0.15, -0.1) is 0 Å². The van der Waals surface area contributed by atoms with Gasteiger partial charge in [0, 0.05) is 23.6 Å².